The molecular formula is C4HF6NO4. The van der Waals surface area contributed by atoms with E-state index in [0.29, 0.717) is 0 Å². The van der Waals surface area contributed by atoms with Gasteiger partial charge in [-0.05, 0) is 0 Å². The van der Waals surface area contributed by atoms with Gasteiger partial charge >= 0.3 is 23.9 Å². The van der Waals surface area contributed by atoms with Crippen LogP contribution in [-0.2, 0) is 4.79 Å². The third-order valence-corrected chi connectivity index (χ3v) is 1.27. The molecule has 0 atom stereocenters. The number of carboxylic acids is 1. The molecule has 88 valence electrons. The van der Waals surface area contributed by atoms with Crippen LogP contribution in [0.3, 0.4) is 0 Å². The van der Waals surface area contributed by atoms with Crippen LogP contribution in [0.2, 0.25) is 0 Å². The summed E-state index contributed by atoms with van der Waals surface area (Å²) < 4.78 is 72.4. The Hall–Kier alpha value is -1.55. The van der Waals surface area contributed by atoms with Crippen LogP contribution in [-0.4, -0.2) is 33.9 Å². The van der Waals surface area contributed by atoms with Crippen LogP contribution >= 0.6 is 0 Å². The average Bonchev–Trinajstić information content (AvgIpc) is 2.02. The Morgan fingerprint density at radius 2 is 1.47 bits per heavy atom. The van der Waals surface area contributed by atoms with Crippen molar-refractivity contribution >= 4 is 5.97 Å². The van der Waals surface area contributed by atoms with Crippen molar-refractivity contribution in [1.82, 2.24) is 0 Å². The maximum Gasteiger partial charge on any atom is 0.583 e. The molecule has 0 amide bonds. The van der Waals surface area contributed by atoms with Gasteiger partial charge in [-0.15, -0.1) is 8.78 Å². The molecule has 0 aromatic heterocycles. The maximum absolute atomic E-state index is 12.2. The first kappa shape index (κ1) is 13.4. The van der Waals surface area contributed by atoms with Gasteiger partial charge in [-0.1, -0.05) is 0 Å². The number of nitro groups is 1. The molecule has 0 heterocycles. The lowest BCUT2D eigenvalue weighted by atomic mass is 10.1. The molecule has 1 N–H and O–H groups in total. The molecule has 0 aromatic carbocycles. The first-order valence-corrected chi connectivity index (χ1v) is 2.90. The molecule has 0 aliphatic carbocycles. The van der Waals surface area contributed by atoms with Crippen LogP contribution < -0.4 is 0 Å². The summed E-state index contributed by atoms with van der Waals surface area (Å²) in [5.41, 5.74) is 0. The number of carbonyl (C=O) groups is 1. The van der Waals surface area contributed by atoms with Crippen LogP contribution in [0.1, 0.15) is 0 Å². The lowest BCUT2D eigenvalue weighted by Gasteiger charge is -2.23. The van der Waals surface area contributed by atoms with Crippen molar-refractivity contribution in [2.24, 2.45) is 0 Å². The number of hydrogen-bond acceptors (Lipinski definition) is 3. The van der Waals surface area contributed by atoms with Crippen molar-refractivity contribution in [3.05, 3.63) is 10.1 Å². The van der Waals surface area contributed by atoms with Crippen LogP contribution in [0.15, 0.2) is 0 Å². The fourth-order valence-electron chi connectivity index (χ4n) is 0.438. The van der Waals surface area contributed by atoms with Crippen molar-refractivity contribution < 1.29 is 41.2 Å². The van der Waals surface area contributed by atoms with E-state index in [9.17, 15) is 41.3 Å². The van der Waals surface area contributed by atoms with E-state index in [1.54, 1.807) is 0 Å². The highest BCUT2D eigenvalue weighted by atomic mass is 19.3. The molecule has 15 heavy (non-hydrogen) atoms. The molecule has 0 aliphatic rings. The van der Waals surface area contributed by atoms with Gasteiger partial charge in [0.25, 0.3) is 0 Å². The van der Waals surface area contributed by atoms with E-state index in [-0.39, 0.29) is 0 Å². The second-order valence-corrected chi connectivity index (χ2v) is 2.25. The zero-order chi connectivity index (χ0) is 12.7. The van der Waals surface area contributed by atoms with E-state index in [4.69, 9.17) is 5.11 Å². The van der Waals surface area contributed by atoms with Gasteiger partial charge in [0, 0.05) is 0 Å². The number of aliphatic carboxylic acids is 1. The predicted octanol–water partition coefficient (Wildman–Crippen LogP) is 1.21. The van der Waals surface area contributed by atoms with Crippen LogP contribution in [0.4, 0.5) is 26.3 Å². The van der Waals surface area contributed by atoms with E-state index < -0.39 is 28.8 Å². The van der Waals surface area contributed by atoms with E-state index >= 15 is 0 Å². The second kappa shape index (κ2) is 3.24. The van der Waals surface area contributed by atoms with Gasteiger partial charge in [0.2, 0.25) is 0 Å². The Kier molecular flexibility index (Phi) is 2.90. The fourth-order valence-corrected chi connectivity index (χ4v) is 0.438. The third kappa shape index (κ3) is 1.68. The number of rotatable bonds is 4. The molecule has 11 heteroatoms. The topological polar surface area (TPSA) is 80.4 Å². The quantitative estimate of drug-likeness (QED) is 0.347. The van der Waals surface area contributed by atoms with Gasteiger partial charge in [0.1, 0.15) is 4.92 Å². The van der Waals surface area contributed by atoms with Gasteiger partial charge in [-0.2, -0.15) is 17.6 Å². The number of carboxylic acid groups (broad SMARTS) is 1. The molecule has 0 aliphatic heterocycles. The van der Waals surface area contributed by atoms with E-state index in [1.165, 1.54) is 0 Å². The predicted molar refractivity (Wildman–Crippen MR) is 29.5 cm³/mol. The first-order chi connectivity index (χ1) is 6.39. The van der Waals surface area contributed by atoms with Crippen LogP contribution in [0.25, 0.3) is 0 Å². The van der Waals surface area contributed by atoms with Crippen LogP contribution in [0, 0.1) is 10.1 Å². The second-order valence-electron chi connectivity index (χ2n) is 2.25. The largest absolute Gasteiger partial charge is 0.583 e. The Morgan fingerprint density at radius 3 is 1.67 bits per heavy atom. The minimum atomic E-state index is -6.63. The van der Waals surface area contributed by atoms with E-state index in [0.717, 1.165) is 0 Å². The van der Waals surface area contributed by atoms with Crippen molar-refractivity contribution in [3.8, 4) is 0 Å². The summed E-state index contributed by atoms with van der Waals surface area (Å²) >= 11 is 0. The molecule has 0 rings (SSSR count). The third-order valence-electron chi connectivity index (χ3n) is 1.27. The van der Waals surface area contributed by atoms with Gasteiger partial charge < -0.3 is 5.11 Å². The van der Waals surface area contributed by atoms with Crippen LogP contribution in [0.5, 0.6) is 0 Å². The van der Waals surface area contributed by atoms with Gasteiger partial charge in [0.15, 0.2) is 0 Å². The molecule has 0 unspecified atom stereocenters. The molecule has 0 spiro atoms. The Labute approximate surface area is 76.4 Å². The summed E-state index contributed by atoms with van der Waals surface area (Å²) in [5.74, 6) is -16.5. The summed E-state index contributed by atoms with van der Waals surface area (Å²) in [6.45, 7) is 0. The number of hydrogen-bond donors (Lipinski definition) is 1. The van der Waals surface area contributed by atoms with E-state index in [1.807, 2.05) is 0 Å². The zero-order valence-electron chi connectivity index (χ0n) is 6.39. The van der Waals surface area contributed by atoms with Crippen molar-refractivity contribution in [1.29, 1.82) is 0 Å². The number of nitrogens with zero attached hydrogens (tertiary/aromatic N) is 1. The molecule has 0 saturated heterocycles. The standard InChI is InChI=1S/C4HF6NO4/c5-2(6,1(12)13)3(7,8)4(9,10)11(14)15/h(H,12,13). The molecule has 5 nitrogen and oxygen atoms in total. The van der Waals surface area contributed by atoms with Crippen molar-refractivity contribution in [2.75, 3.05) is 0 Å². The van der Waals surface area contributed by atoms with Gasteiger partial charge in [-0.25, -0.2) is 4.79 Å². The fraction of sp³-hybridized carbons (Fsp3) is 0.750. The number of halogens is 6. The summed E-state index contributed by atoms with van der Waals surface area (Å²) in [6.07, 6.45) is 0. The highest BCUT2D eigenvalue weighted by molar-refractivity contribution is 5.76. The van der Waals surface area contributed by atoms with Crippen molar-refractivity contribution in [2.45, 2.75) is 17.9 Å². The number of alkyl halides is 6. The smallest absolute Gasteiger partial charge is 0.477 e. The van der Waals surface area contributed by atoms with Crippen molar-refractivity contribution in [3.63, 3.8) is 0 Å². The molecule has 0 radical (unpaired) electrons. The molecule has 0 saturated carbocycles. The zero-order valence-corrected chi connectivity index (χ0v) is 6.39. The highest BCUT2D eigenvalue weighted by Gasteiger charge is 2.83. The Morgan fingerprint density at radius 1 is 1.13 bits per heavy atom. The summed E-state index contributed by atoms with van der Waals surface area (Å²) in [5, 5.41) is 16.9. The molecule has 0 aromatic rings. The van der Waals surface area contributed by atoms with Gasteiger partial charge in [-0.3, -0.25) is 10.1 Å². The normalized spacial score (nSPS) is 13.7. The minimum absolute atomic E-state index is 2.98. The minimum Gasteiger partial charge on any atom is -0.477 e. The summed E-state index contributed by atoms with van der Waals surface area (Å²) in [7, 11) is 0. The molecular weight excluding hydrogens is 240 g/mol. The monoisotopic (exact) mass is 241 g/mol. The van der Waals surface area contributed by atoms with Gasteiger partial charge in [0.05, 0.1) is 0 Å². The summed E-state index contributed by atoms with van der Waals surface area (Å²) in [4.78, 5) is 16.0. The average molecular weight is 241 g/mol. The van der Waals surface area contributed by atoms with E-state index in [2.05, 4.69) is 0 Å². The lowest BCUT2D eigenvalue weighted by Crippen LogP contribution is -2.60. The highest BCUT2D eigenvalue weighted by Crippen LogP contribution is 2.45. The Balaban J connectivity index is 5.50. The Bertz CT molecular complexity index is 274. The summed E-state index contributed by atoms with van der Waals surface area (Å²) in [6, 6.07) is -6.38. The first-order valence-electron chi connectivity index (χ1n) is 2.90. The molecule has 0 fully saturated rings. The molecule has 0 bridgehead atoms. The SMILES string of the molecule is O=C(O)C(F)(F)C(F)(F)C(F)(F)[N+](=O)[O-]. The lowest BCUT2D eigenvalue weighted by molar-refractivity contribution is -0.682. The maximum atomic E-state index is 12.2.